The molecular formula is C16H15Cl2NO4S. The lowest BCUT2D eigenvalue weighted by Crippen LogP contribution is -2.23. The van der Waals surface area contributed by atoms with E-state index in [1.165, 1.54) is 24.3 Å². The molecule has 8 heteroatoms. The summed E-state index contributed by atoms with van der Waals surface area (Å²) in [6.07, 6.45) is 0. The third-order valence-corrected chi connectivity index (χ3v) is 5.21. The fourth-order valence-electron chi connectivity index (χ4n) is 1.98. The van der Waals surface area contributed by atoms with Crippen molar-refractivity contribution in [3.63, 3.8) is 0 Å². The molecule has 0 spiro atoms. The van der Waals surface area contributed by atoms with Gasteiger partial charge in [-0.1, -0.05) is 29.3 Å². The first-order chi connectivity index (χ1) is 11.3. The summed E-state index contributed by atoms with van der Waals surface area (Å²) in [4.78, 5) is 12.1. The van der Waals surface area contributed by atoms with Gasteiger partial charge in [-0.05, 0) is 43.3 Å². The van der Waals surface area contributed by atoms with E-state index in [0.29, 0.717) is 28.1 Å². The van der Waals surface area contributed by atoms with Crippen molar-refractivity contribution in [1.82, 2.24) is 0 Å². The minimum Gasteiger partial charge on any atom is -0.490 e. The van der Waals surface area contributed by atoms with Crippen LogP contribution in [0.4, 0.5) is 5.69 Å². The van der Waals surface area contributed by atoms with Crippen LogP contribution in [0.1, 0.15) is 6.92 Å². The summed E-state index contributed by atoms with van der Waals surface area (Å²) in [7, 11) is -3.78. The smallest absolute Gasteiger partial charge is 0.240 e. The number of carbonyl (C=O) groups excluding carboxylic acids is 1. The lowest BCUT2D eigenvalue weighted by Gasteiger charge is -2.13. The number of amides is 1. The van der Waals surface area contributed by atoms with Crippen LogP contribution in [0.15, 0.2) is 47.4 Å². The lowest BCUT2D eigenvalue weighted by molar-refractivity contribution is -0.113. The van der Waals surface area contributed by atoms with Gasteiger partial charge in [0.05, 0.1) is 22.2 Å². The van der Waals surface area contributed by atoms with Crippen LogP contribution in [0.3, 0.4) is 0 Å². The van der Waals surface area contributed by atoms with E-state index in [2.05, 4.69) is 5.32 Å². The molecule has 2 aromatic carbocycles. The van der Waals surface area contributed by atoms with Crippen LogP contribution in [0.25, 0.3) is 0 Å². The number of anilines is 1. The number of hydrogen-bond acceptors (Lipinski definition) is 4. The second-order valence-electron chi connectivity index (χ2n) is 4.81. The van der Waals surface area contributed by atoms with Crippen molar-refractivity contribution in [2.45, 2.75) is 11.8 Å². The number of halogens is 2. The molecule has 0 radical (unpaired) electrons. The Kier molecular flexibility index (Phi) is 6.10. The summed E-state index contributed by atoms with van der Waals surface area (Å²) in [6.45, 7) is 2.13. The van der Waals surface area contributed by atoms with Crippen molar-refractivity contribution < 1.29 is 17.9 Å². The molecule has 1 N–H and O–H groups in total. The zero-order valence-electron chi connectivity index (χ0n) is 12.8. The standard InChI is InChI=1S/C16H15Cl2NO4S/c1-2-23-16-13(18)4-3-5-14(16)19-15(20)10-24(21,22)12-8-6-11(17)7-9-12/h3-9H,2,10H2,1H3,(H,19,20). The molecule has 0 saturated heterocycles. The van der Waals surface area contributed by atoms with Gasteiger partial charge in [0.15, 0.2) is 15.6 Å². The van der Waals surface area contributed by atoms with Crippen LogP contribution in [-0.4, -0.2) is 26.7 Å². The second kappa shape index (κ2) is 7.88. The van der Waals surface area contributed by atoms with E-state index in [1.54, 1.807) is 25.1 Å². The Morgan fingerprint density at radius 1 is 1.12 bits per heavy atom. The number of sulfone groups is 1. The first-order valence-electron chi connectivity index (χ1n) is 7.03. The zero-order valence-corrected chi connectivity index (χ0v) is 15.1. The number of hydrogen-bond donors (Lipinski definition) is 1. The fourth-order valence-corrected chi connectivity index (χ4v) is 3.47. The predicted molar refractivity (Wildman–Crippen MR) is 94.8 cm³/mol. The summed E-state index contributed by atoms with van der Waals surface area (Å²) >= 11 is 11.8. The van der Waals surface area contributed by atoms with Gasteiger partial charge in [0.1, 0.15) is 5.75 Å². The largest absolute Gasteiger partial charge is 0.490 e. The van der Waals surface area contributed by atoms with Crippen LogP contribution in [0.5, 0.6) is 5.75 Å². The van der Waals surface area contributed by atoms with Gasteiger partial charge in [0, 0.05) is 5.02 Å². The van der Waals surface area contributed by atoms with E-state index in [0.717, 1.165) is 0 Å². The van der Waals surface area contributed by atoms with Gasteiger partial charge in [0.2, 0.25) is 5.91 Å². The highest BCUT2D eigenvalue weighted by Gasteiger charge is 2.20. The number of nitrogens with one attached hydrogen (secondary N) is 1. The average Bonchev–Trinajstić information content (AvgIpc) is 2.50. The van der Waals surface area contributed by atoms with E-state index < -0.39 is 21.5 Å². The van der Waals surface area contributed by atoms with Gasteiger partial charge in [-0.2, -0.15) is 0 Å². The Labute approximate surface area is 150 Å². The average molecular weight is 388 g/mol. The third-order valence-electron chi connectivity index (χ3n) is 3.02. The van der Waals surface area contributed by atoms with Crippen molar-refractivity contribution in [2.24, 2.45) is 0 Å². The summed E-state index contributed by atoms with van der Waals surface area (Å²) < 4.78 is 29.9. The van der Waals surface area contributed by atoms with Gasteiger partial charge in [-0.3, -0.25) is 4.79 Å². The van der Waals surface area contributed by atoms with Gasteiger partial charge < -0.3 is 10.1 Å². The van der Waals surface area contributed by atoms with Crippen LogP contribution in [0.2, 0.25) is 10.0 Å². The van der Waals surface area contributed by atoms with Gasteiger partial charge in [-0.25, -0.2) is 8.42 Å². The molecule has 0 aliphatic rings. The topological polar surface area (TPSA) is 72.5 Å². The normalized spacial score (nSPS) is 11.1. The Morgan fingerprint density at radius 2 is 1.79 bits per heavy atom. The fraction of sp³-hybridized carbons (Fsp3) is 0.188. The van der Waals surface area contributed by atoms with Gasteiger partial charge in [-0.15, -0.1) is 0 Å². The SMILES string of the molecule is CCOc1c(Cl)cccc1NC(=O)CS(=O)(=O)c1ccc(Cl)cc1. The van der Waals surface area contributed by atoms with Crippen molar-refractivity contribution in [2.75, 3.05) is 17.7 Å². The number of ether oxygens (including phenoxy) is 1. The molecular weight excluding hydrogens is 373 g/mol. The van der Waals surface area contributed by atoms with Crippen molar-refractivity contribution >= 4 is 44.6 Å². The minimum atomic E-state index is -3.78. The lowest BCUT2D eigenvalue weighted by atomic mass is 10.3. The maximum atomic E-state index is 12.3. The van der Waals surface area contributed by atoms with E-state index in [9.17, 15) is 13.2 Å². The molecule has 0 heterocycles. The van der Waals surface area contributed by atoms with Crippen LogP contribution < -0.4 is 10.1 Å². The second-order valence-corrected chi connectivity index (χ2v) is 7.64. The summed E-state index contributed by atoms with van der Waals surface area (Å²) in [5, 5.41) is 3.26. The zero-order chi connectivity index (χ0) is 17.7. The van der Waals surface area contributed by atoms with Crippen molar-refractivity contribution in [3.05, 3.63) is 52.5 Å². The molecule has 24 heavy (non-hydrogen) atoms. The molecule has 0 unspecified atom stereocenters. The Bertz CT molecular complexity index is 836. The number of rotatable bonds is 6. The van der Waals surface area contributed by atoms with Gasteiger partial charge in [0.25, 0.3) is 0 Å². The minimum absolute atomic E-state index is 0.0261. The van der Waals surface area contributed by atoms with Crippen LogP contribution in [-0.2, 0) is 14.6 Å². The molecule has 2 aromatic rings. The molecule has 0 bridgehead atoms. The van der Waals surface area contributed by atoms with Crippen molar-refractivity contribution in [1.29, 1.82) is 0 Å². The molecule has 0 saturated carbocycles. The Balaban J connectivity index is 2.16. The third kappa shape index (κ3) is 4.63. The van der Waals surface area contributed by atoms with Crippen molar-refractivity contribution in [3.8, 4) is 5.75 Å². The molecule has 0 atom stereocenters. The number of carbonyl (C=O) groups is 1. The highest BCUT2D eigenvalue weighted by molar-refractivity contribution is 7.92. The molecule has 0 fully saturated rings. The molecule has 5 nitrogen and oxygen atoms in total. The summed E-state index contributed by atoms with van der Waals surface area (Å²) in [6, 6.07) is 10.5. The highest BCUT2D eigenvalue weighted by atomic mass is 35.5. The van der Waals surface area contributed by atoms with E-state index in [1.807, 2.05) is 0 Å². The molecule has 1 amide bonds. The highest BCUT2D eigenvalue weighted by Crippen LogP contribution is 2.33. The monoisotopic (exact) mass is 387 g/mol. The molecule has 0 aromatic heterocycles. The first kappa shape index (κ1) is 18.6. The van der Waals surface area contributed by atoms with E-state index in [4.69, 9.17) is 27.9 Å². The molecule has 128 valence electrons. The summed E-state index contributed by atoms with van der Waals surface area (Å²) in [5.74, 6) is -1.08. The van der Waals surface area contributed by atoms with Crippen LogP contribution in [0, 0.1) is 0 Å². The Morgan fingerprint density at radius 3 is 2.42 bits per heavy atom. The number of benzene rings is 2. The Hall–Kier alpha value is -1.76. The molecule has 0 aliphatic heterocycles. The maximum absolute atomic E-state index is 12.3. The number of para-hydroxylation sites is 1. The molecule has 2 rings (SSSR count). The molecule has 0 aliphatic carbocycles. The van der Waals surface area contributed by atoms with E-state index in [-0.39, 0.29) is 4.90 Å². The summed E-state index contributed by atoms with van der Waals surface area (Å²) in [5.41, 5.74) is 0.320. The van der Waals surface area contributed by atoms with E-state index >= 15 is 0 Å². The quantitative estimate of drug-likeness (QED) is 0.817. The van der Waals surface area contributed by atoms with Gasteiger partial charge >= 0.3 is 0 Å². The predicted octanol–water partition coefficient (Wildman–Crippen LogP) is 3.80. The maximum Gasteiger partial charge on any atom is 0.240 e. The van der Waals surface area contributed by atoms with Crippen LogP contribution >= 0.6 is 23.2 Å². The first-order valence-corrected chi connectivity index (χ1v) is 9.44.